The molecule has 150 valence electrons. The number of H-pyrrole nitrogens is 1. The van der Waals surface area contributed by atoms with Gasteiger partial charge in [-0.1, -0.05) is 36.4 Å². The van der Waals surface area contributed by atoms with Gasteiger partial charge >= 0.3 is 0 Å². The SMILES string of the molecule is CN=C(NCCc1c[nH]c2cc(C)ccc12)NCc1ccc(COC)cc1.I. The van der Waals surface area contributed by atoms with Gasteiger partial charge < -0.3 is 20.4 Å². The Bertz CT molecular complexity index is 903. The summed E-state index contributed by atoms with van der Waals surface area (Å²) in [5.74, 6) is 0.812. The summed E-state index contributed by atoms with van der Waals surface area (Å²) in [5, 5.41) is 8.05. The largest absolute Gasteiger partial charge is 0.380 e. The van der Waals surface area contributed by atoms with Gasteiger partial charge in [-0.25, -0.2) is 0 Å². The normalized spacial score (nSPS) is 11.3. The molecule has 0 saturated heterocycles. The third-order valence-corrected chi connectivity index (χ3v) is 4.63. The predicted molar refractivity (Wildman–Crippen MR) is 128 cm³/mol. The number of halogens is 1. The summed E-state index contributed by atoms with van der Waals surface area (Å²) < 4.78 is 5.14. The zero-order chi connectivity index (χ0) is 19.1. The Kier molecular flexibility index (Phi) is 8.79. The van der Waals surface area contributed by atoms with Gasteiger partial charge in [-0.15, -0.1) is 24.0 Å². The minimum atomic E-state index is 0. The number of fused-ring (bicyclic) bond motifs is 1. The number of benzene rings is 2. The molecule has 6 heteroatoms. The fourth-order valence-electron chi connectivity index (χ4n) is 3.15. The summed E-state index contributed by atoms with van der Waals surface area (Å²) in [7, 11) is 3.51. The molecule has 3 rings (SSSR count). The fraction of sp³-hybridized carbons (Fsp3) is 0.318. The van der Waals surface area contributed by atoms with Crippen molar-refractivity contribution in [1.29, 1.82) is 0 Å². The Morgan fingerprint density at radius 2 is 1.82 bits per heavy atom. The van der Waals surface area contributed by atoms with Crippen LogP contribution in [0.5, 0.6) is 0 Å². The highest BCUT2D eigenvalue weighted by Gasteiger charge is 2.04. The number of nitrogens with zero attached hydrogens (tertiary/aromatic N) is 1. The molecular formula is C22H29IN4O. The maximum Gasteiger partial charge on any atom is 0.191 e. The molecule has 0 fully saturated rings. The summed E-state index contributed by atoms with van der Waals surface area (Å²) in [4.78, 5) is 7.67. The number of hydrogen-bond donors (Lipinski definition) is 3. The second-order valence-electron chi connectivity index (χ2n) is 6.72. The Balaban J connectivity index is 0.00000280. The maximum atomic E-state index is 5.14. The van der Waals surface area contributed by atoms with E-state index < -0.39 is 0 Å². The van der Waals surface area contributed by atoms with E-state index in [1.54, 1.807) is 14.2 Å². The Hall–Kier alpha value is -2.06. The van der Waals surface area contributed by atoms with E-state index in [9.17, 15) is 0 Å². The van der Waals surface area contributed by atoms with Gasteiger partial charge in [0, 0.05) is 44.3 Å². The first-order valence-corrected chi connectivity index (χ1v) is 9.27. The molecule has 3 N–H and O–H groups in total. The zero-order valence-corrected chi connectivity index (χ0v) is 19.0. The van der Waals surface area contributed by atoms with Crippen LogP contribution in [0.4, 0.5) is 0 Å². The average Bonchev–Trinajstić information content (AvgIpc) is 3.08. The Labute approximate surface area is 184 Å². The molecule has 0 aliphatic carbocycles. The van der Waals surface area contributed by atoms with Crippen molar-refractivity contribution in [1.82, 2.24) is 15.6 Å². The molecule has 1 heterocycles. The van der Waals surface area contributed by atoms with E-state index in [2.05, 4.69) is 76.2 Å². The van der Waals surface area contributed by atoms with Crippen LogP contribution in [0.3, 0.4) is 0 Å². The number of guanidine groups is 1. The quantitative estimate of drug-likeness (QED) is 0.264. The third kappa shape index (κ3) is 5.97. The van der Waals surface area contributed by atoms with Crippen LogP contribution in [0.15, 0.2) is 53.7 Å². The standard InChI is InChI=1S/C22H28N4O.HI/c1-16-4-9-20-19(14-25-21(20)12-16)10-11-24-22(23-2)26-13-17-5-7-18(8-6-17)15-27-3;/h4-9,12,14,25H,10-11,13,15H2,1-3H3,(H2,23,24,26);1H. The Morgan fingerprint density at radius 3 is 2.54 bits per heavy atom. The number of aromatic amines is 1. The summed E-state index contributed by atoms with van der Waals surface area (Å²) in [6.45, 7) is 4.32. The van der Waals surface area contributed by atoms with Gasteiger partial charge in [-0.3, -0.25) is 4.99 Å². The molecule has 0 atom stereocenters. The molecule has 3 aromatic rings. The van der Waals surface area contributed by atoms with Crippen molar-refractivity contribution >= 4 is 40.8 Å². The lowest BCUT2D eigenvalue weighted by Crippen LogP contribution is -2.37. The number of hydrogen-bond acceptors (Lipinski definition) is 2. The predicted octanol–water partition coefficient (Wildman–Crippen LogP) is 4.15. The van der Waals surface area contributed by atoms with E-state index in [0.717, 1.165) is 25.5 Å². The number of methoxy groups -OCH3 is 1. The molecule has 2 aromatic carbocycles. The second kappa shape index (κ2) is 11.1. The molecule has 1 aromatic heterocycles. The number of rotatable bonds is 7. The van der Waals surface area contributed by atoms with Crippen LogP contribution in [-0.4, -0.2) is 31.6 Å². The number of ether oxygens (including phenoxy) is 1. The van der Waals surface area contributed by atoms with Crippen LogP contribution in [0, 0.1) is 6.92 Å². The lowest BCUT2D eigenvalue weighted by molar-refractivity contribution is 0.185. The third-order valence-electron chi connectivity index (χ3n) is 4.63. The number of aryl methyl sites for hydroxylation is 1. The topological polar surface area (TPSA) is 61.4 Å². The van der Waals surface area contributed by atoms with Gasteiger partial charge in [0.25, 0.3) is 0 Å². The van der Waals surface area contributed by atoms with E-state index in [0.29, 0.717) is 6.61 Å². The van der Waals surface area contributed by atoms with Crippen LogP contribution < -0.4 is 10.6 Å². The van der Waals surface area contributed by atoms with Gasteiger partial charge in [-0.05, 0) is 41.7 Å². The highest BCUT2D eigenvalue weighted by atomic mass is 127. The number of aromatic nitrogens is 1. The van der Waals surface area contributed by atoms with Crippen LogP contribution >= 0.6 is 24.0 Å². The highest BCUT2D eigenvalue weighted by molar-refractivity contribution is 14.0. The number of aliphatic imine (C=N–C) groups is 1. The average molecular weight is 492 g/mol. The minimum Gasteiger partial charge on any atom is -0.380 e. The smallest absolute Gasteiger partial charge is 0.191 e. The van der Waals surface area contributed by atoms with E-state index in [1.165, 1.54) is 33.2 Å². The lowest BCUT2D eigenvalue weighted by atomic mass is 10.1. The van der Waals surface area contributed by atoms with Crippen molar-refractivity contribution in [2.75, 3.05) is 20.7 Å². The van der Waals surface area contributed by atoms with Crippen molar-refractivity contribution in [3.63, 3.8) is 0 Å². The zero-order valence-electron chi connectivity index (χ0n) is 16.7. The van der Waals surface area contributed by atoms with Crippen molar-refractivity contribution in [3.05, 3.63) is 70.9 Å². The molecule has 0 unspecified atom stereocenters. The van der Waals surface area contributed by atoms with Gasteiger partial charge in [0.15, 0.2) is 5.96 Å². The van der Waals surface area contributed by atoms with Crippen LogP contribution in [0.2, 0.25) is 0 Å². The summed E-state index contributed by atoms with van der Waals surface area (Å²) in [6.07, 6.45) is 3.04. The monoisotopic (exact) mass is 492 g/mol. The van der Waals surface area contributed by atoms with Gasteiger partial charge in [0.1, 0.15) is 0 Å². The summed E-state index contributed by atoms with van der Waals surface area (Å²) in [5.41, 5.74) is 6.18. The van der Waals surface area contributed by atoms with E-state index in [1.807, 2.05) is 0 Å². The Morgan fingerprint density at radius 1 is 1.07 bits per heavy atom. The van der Waals surface area contributed by atoms with Gasteiger partial charge in [0.05, 0.1) is 6.61 Å². The second-order valence-corrected chi connectivity index (χ2v) is 6.72. The van der Waals surface area contributed by atoms with Crippen LogP contribution in [0.1, 0.15) is 22.3 Å². The van der Waals surface area contributed by atoms with Crippen molar-refractivity contribution in [2.45, 2.75) is 26.5 Å². The first-order chi connectivity index (χ1) is 13.2. The van der Waals surface area contributed by atoms with Crippen molar-refractivity contribution in [2.24, 2.45) is 4.99 Å². The summed E-state index contributed by atoms with van der Waals surface area (Å²) >= 11 is 0. The first kappa shape index (κ1) is 22.2. The number of nitrogens with one attached hydrogen (secondary N) is 3. The minimum absolute atomic E-state index is 0. The van der Waals surface area contributed by atoms with E-state index >= 15 is 0 Å². The van der Waals surface area contributed by atoms with Crippen molar-refractivity contribution in [3.8, 4) is 0 Å². The van der Waals surface area contributed by atoms with Crippen molar-refractivity contribution < 1.29 is 4.74 Å². The van der Waals surface area contributed by atoms with Gasteiger partial charge in [0.2, 0.25) is 0 Å². The first-order valence-electron chi connectivity index (χ1n) is 9.27. The fourth-order valence-corrected chi connectivity index (χ4v) is 3.15. The molecule has 0 aliphatic heterocycles. The molecule has 0 bridgehead atoms. The molecule has 5 nitrogen and oxygen atoms in total. The lowest BCUT2D eigenvalue weighted by Gasteiger charge is -2.12. The molecule has 0 aliphatic rings. The van der Waals surface area contributed by atoms with E-state index in [-0.39, 0.29) is 24.0 Å². The van der Waals surface area contributed by atoms with Gasteiger partial charge in [-0.2, -0.15) is 0 Å². The summed E-state index contributed by atoms with van der Waals surface area (Å²) in [6, 6.07) is 14.9. The molecule has 0 amide bonds. The van der Waals surface area contributed by atoms with Crippen LogP contribution in [-0.2, 0) is 24.3 Å². The molecule has 0 saturated carbocycles. The molecule has 28 heavy (non-hydrogen) atoms. The molecule has 0 radical (unpaired) electrons. The van der Waals surface area contributed by atoms with Crippen LogP contribution in [0.25, 0.3) is 10.9 Å². The van der Waals surface area contributed by atoms with E-state index in [4.69, 9.17) is 4.74 Å². The molecule has 0 spiro atoms. The highest BCUT2D eigenvalue weighted by Crippen LogP contribution is 2.19. The molecular weight excluding hydrogens is 463 g/mol. The maximum absolute atomic E-state index is 5.14.